The van der Waals surface area contributed by atoms with Crippen LogP contribution in [0, 0.1) is 0 Å². The minimum absolute atomic E-state index is 0.0608. The first-order valence-corrected chi connectivity index (χ1v) is 10.3. The number of carbonyl (C=O) groups is 1. The van der Waals surface area contributed by atoms with Crippen molar-refractivity contribution in [2.45, 2.75) is 19.4 Å². The number of hydrogen-bond donors (Lipinski definition) is 1. The predicted octanol–water partition coefficient (Wildman–Crippen LogP) is 1.66. The predicted molar refractivity (Wildman–Crippen MR) is 109 cm³/mol. The Morgan fingerprint density at radius 2 is 1.90 bits per heavy atom. The highest BCUT2D eigenvalue weighted by Gasteiger charge is 2.40. The van der Waals surface area contributed by atoms with Crippen molar-refractivity contribution in [3.8, 4) is 11.5 Å². The molecule has 0 aromatic carbocycles. The van der Waals surface area contributed by atoms with Crippen molar-refractivity contribution in [3.63, 3.8) is 0 Å². The Bertz CT molecular complexity index is 701. The van der Waals surface area contributed by atoms with E-state index in [0.717, 1.165) is 0 Å². The standard InChI is InChI=1S/C19H28N2O7S/c1-4-27-18(23)19(2)13-29-17(21-19)16-15(22)11-14(12-20-16)28-10-9-26-8-7-25-6-5-24-3/h11-12,22H,4-10,13H2,1-3H3/t19-/m1/s1. The van der Waals surface area contributed by atoms with Gasteiger partial charge in [-0.15, -0.1) is 11.8 Å². The number of esters is 1. The van der Waals surface area contributed by atoms with E-state index in [-0.39, 0.29) is 11.7 Å². The van der Waals surface area contributed by atoms with E-state index in [0.29, 0.717) is 68.5 Å². The van der Waals surface area contributed by atoms with Gasteiger partial charge < -0.3 is 28.8 Å². The van der Waals surface area contributed by atoms with E-state index < -0.39 is 5.54 Å². The molecule has 0 saturated carbocycles. The topological polar surface area (TPSA) is 109 Å². The zero-order valence-electron chi connectivity index (χ0n) is 17.0. The lowest BCUT2D eigenvalue weighted by atomic mass is 10.1. The van der Waals surface area contributed by atoms with Crippen LogP contribution in [0.2, 0.25) is 0 Å². The molecule has 1 aromatic heterocycles. The van der Waals surface area contributed by atoms with Crippen LogP contribution in [0.3, 0.4) is 0 Å². The van der Waals surface area contributed by atoms with E-state index in [1.54, 1.807) is 21.0 Å². The number of aromatic hydroxyl groups is 1. The number of thioether (sulfide) groups is 1. The molecule has 9 nitrogen and oxygen atoms in total. The Morgan fingerprint density at radius 1 is 1.21 bits per heavy atom. The molecule has 1 N–H and O–H groups in total. The van der Waals surface area contributed by atoms with Crippen LogP contribution in [0.4, 0.5) is 0 Å². The number of nitrogens with zero attached hydrogens (tertiary/aromatic N) is 2. The lowest BCUT2D eigenvalue weighted by Gasteiger charge is -2.16. The monoisotopic (exact) mass is 428 g/mol. The number of hydrogen-bond acceptors (Lipinski definition) is 10. The van der Waals surface area contributed by atoms with Crippen molar-refractivity contribution in [2.24, 2.45) is 4.99 Å². The van der Waals surface area contributed by atoms with Crippen LogP contribution in [-0.2, 0) is 23.7 Å². The van der Waals surface area contributed by atoms with Crippen molar-refractivity contribution >= 4 is 22.8 Å². The van der Waals surface area contributed by atoms with E-state index in [4.69, 9.17) is 23.7 Å². The first-order chi connectivity index (χ1) is 14.0. The second-order valence-electron chi connectivity index (χ2n) is 6.30. The molecule has 1 atom stereocenters. The van der Waals surface area contributed by atoms with E-state index in [1.807, 2.05) is 0 Å². The van der Waals surface area contributed by atoms with Gasteiger partial charge in [-0.25, -0.2) is 9.78 Å². The van der Waals surface area contributed by atoms with Gasteiger partial charge in [-0.1, -0.05) is 0 Å². The lowest BCUT2D eigenvalue weighted by Crippen LogP contribution is -2.35. The molecule has 0 bridgehead atoms. The van der Waals surface area contributed by atoms with Gasteiger partial charge in [0.2, 0.25) is 0 Å². The maximum atomic E-state index is 12.1. The molecule has 2 rings (SSSR count). The summed E-state index contributed by atoms with van der Waals surface area (Å²) < 4.78 is 26.2. The maximum Gasteiger partial charge on any atom is 0.334 e. The van der Waals surface area contributed by atoms with E-state index >= 15 is 0 Å². The number of aromatic nitrogens is 1. The SMILES string of the molecule is CCOC(=O)[C@@]1(C)CSC(c2ncc(OCCOCCOCCOC)cc2O)=N1. The van der Waals surface area contributed by atoms with Gasteiger partial charge in [0.15, 0.2) is 5.54 Å². The first kappa shape index (κ1) is 23.4. The number of rotatable bonds is 13. The van der Waals surface area contributed by atoms with Gasteiger partial charge in [-0.3, -0.25) is 4.99 Å². The normalized spacial score (nSPS) is 18.5. The summed E-state index contributed by atoms with van der Waals surface area (Å²) in [5.74, 6) is 0.413. The summed E-state index contributed by atoms with van der Waals surface area (Å²) in [4.78, 5) is 20.7. The molecule has 0 fully saturated rings. The summed E-state index contributed by atoms with van der Waals surface area (Å²) in [6.07, 6.45) is 1.51. The maximum absolute atomic E-state index is 12.1. The van der Waals surface area contributed by atoms with Crippen LogP contribution >= 0.6 is 11.8 Å². The minimum atomic E-state index is -0.968. The molecular weight excluding hydrogens is 400 g/mol. The van der Waals surface area contributed by atoms with Gasteiger partial charge in [-0.05, 0) is 13.8 Å². The number of carbonyl (C=O) groups excluding carboxylic acids is 1. The quantitative estimate of drug-likeness (QED) is 0.370. The number of pyridine rings is 1. The van der Waals surface area contributed by atoms with E-state index in [9.17, 15) is 9.90 Å². The smallest absolute Gasteiger partial charge is 0.334 e. The summed E-state index contributed by atoms with van der Waals surface area (Å²) in [6.45, 7) is 6.51. The van der Waals surface area contributed by atoms with E-state index in [1.165, 1.54) is 24.0 Å². The Labute approximate surface area is 174 Å². The van der Waals surface area contributed by atoms with Crippen molar-refractivity contribution in [1.82, 2.24) is 4.98 Å². The zero-order valence-corrected chi connectivity index (χ0v) is 17.8. The molecule has 2 heterocycles. The second kappa shape index (κ2) is 12.0. The molecule has 1 aliphatic rings. The molecule has 0 saturated heterocycles. The molecule has 0 amide bonds. The van der Waals surface area contributed by atoms with Crippen molar-refractivity contribution in [3.05, 3.63) is 18.0 Å². The fraction of sp³-hybridized carbons (Fsp3) is 0.632. The second-order valence-corrected chi connectivity index (χ2v) is 7.27. The van der Waals surface area contributed by atoms with Crippen LogP contribution in [0.25, 0.3) is 0 Å². The van der Waals surface area contributed by atoms with Gasteiger partial charge in [-0.2, -0.15) is 0 Å². The molecule has 1 aromatic rings. The van der Waals surface area contributed by atoms with Gasteiger partial charge in [0, 0.05) is 18.9 Å². The third-order valence-corrected chi connectivity index (χ3v) is 5.16. The van der Waals surface area contributed by atoms with Crippen LogP contribution in [0.15, 0.2) is 17.3 Å². The van der Waals surface area contributed by atoms with Crippen LogP contribution in [0.1, 0.15) is 19.5 Å². The Kier molecular flexibility index (Phi) is 9.65. The molecule has 162 valence electrons. The summed E-state index contributed by atoms with van der Waals surface area (Å²) in [5, 5.41) is 10.8. The number of ether oxygens (including phenoxy) is 5. The summed E-state index contributed by atoms with van der Waals surface area (Å²) in [5.41, 5.74) is -0.649. The van der Waals surface area contributed by atoms with Crippen molar-refractivity contribution in [1.29, 1.82) is 0 Å². The fourth-order valence-electron chi connectivity index (χ4n) is 2.37. The molecule has 0 radical (unpaired) electrons. The van der Waals surface area contributed by atoms with Gasteiger partial charge in [0.05, 0.1) is 45.8 Å². The van der Waals surface area contributed by atoms with Crippen LogP contribution in [0.5, 0.6) is 11.5 Å². The number of aliphatic imine (C=N–C) groups is 1. The molecule has 0 spiro atoms. The summed E-state index contributed by atoms with van der Waals surface area (Å²) >= 11 is 1.36. The molecule has 29 heavy (non-hydrogen) atoms. The minimum Gasteiger partial charge on any atom is -0.505 e. The third-order valence-electron chi connectivity index (χ3n) is 3.90. The largest absolute Gasteiger partial charge is 0.505 e. The van der Waals surface area contributed by atoms with Gasteiger partial charge in [0.1, 0.15) is 28.8 Å². The Morgan fingerprint density at radius 3 is 2.55 bits per heavy atom. The fourth-order valence-corrected chi connectivity index (χ4v) is 3.53. The highest BCUT2D eigenvalue weighted by atomic mass is 32.2. The summed E-state index contributed by atoms with van der Waals surface area (Å²) in [6, 6.07) is 1.47. The Balaban J connectivity index is 1.79. The molecule has 1 aliphatic heterocycles. The first-order valence-electron chi connectivity index (χ1n) is 9.36. The van der Waals surface area contributed by atoms with Crippen LogP contribution in [-0.4, -0.2) is 85.8 Å². The average Bonchev–Trinajstić information content (AvgIpc) is 3.10. The highest BCUT2D eigenvalue weighted by molar-refractivity contribution is 8.14. The van der Waals surface area contributed by atoms with Crippen molar-refractivity contribution in [2.75, 3.05) is 59.1 Å². The highest BCUT2D eigenvalue weighted by Crippen LogP contribution is 2.34. The molecule has 0 aliphatic carbocycles. The van der Waals surface area contributed by atoms with Gasteiger partial charge >= 0.3 is 5.97 Å². The lowest BCUT2D eigenvalue weighted by molar-refractivity contribution is -0.147. The average molecular weight is 429 g/mol. The molecule has 0 unspecified atom stereocenters. The van der Waals surface area contributed by atoms with Crippen LogP contribution < -0.4 is 4.74 Å². The third kappa shape index (κ3) is 7.14. The molecular formula is C19H28N2O7S. The van der Waals surface area contributed by atoms with E-state index in [2.05, 4.69) is 9.98 Å². The Hall–Kier alpha value is -1.88. The molecule has 10 heteroatoms. The summed E-state index contributed by atoms with van der Waals surface area (Å²) in [7, 11) is 1.62. The number of methoxy groups -OCH3 is 1. The van der Waals surface area contributed by atoms with Crippen molar-refractivity contribution < 1.29 is 33.6 Å². The van der Waals surface area contributed by atoms with Gasteiger partial charge in [0.25, 0.3) is 0 Å². The zero-order chi connectivity index (χ0) is 21.1.